The molecule has 36 valence electrons. The normalized spacial score (nSPS) is 6.86. The summed E-state index contributed by atoms with van der Waals surface area (Å²) in [6.45, 7) is 0. The zero-order valence-corrected chi connectivity index (χ0v) is 6.60. The van der Waals surface area contributed by atoms with Crippen molar-refractivity contribution in [3.8, 4) is 0 Å². The van der Waals surface area contributed by atoms with Gasteiger partial charge in [0.15, 0.2) is 0 Å². The van der Waals surface area contributed by atoms with E-state index in [2.05, 4.69) is 11.1 Å². The van der Waals surface area contributed by atoms with Gasteiger partial charge in [-0.3, -0.25) is 0 Å². The molecule has 0 amide bonds. The van der Waals surface area contributed by atoms with E-state index in [1.165, 1.54) is 0 Å². The van der Waals surface area contributed by atoms with Crippen molar-refractivity contribution in [1.29, 1.82) is 0 Å². The monoisotopic (exact) mass is 262 g/mol. The summed E-state index contributed by atoms with van der Waals surface area (Å²) in [7, 11) is 0. The Morgan fingerprint density at radius 3 is 2.43 bits per heavy atom. The van der Waals surface area contributed by atoms with Crippen molar-refractivity contribution in [2.24, 2.45) is 0 Å². The third-order valence-corrected chi connectivity index (χ3v) is 0.514. The van der Waals surface area contributed by atoms with Crippen LogP contribution in [0.5, 0.6) is 0 Å². The standard InChI is InChI=1S/C5H4N.W/c1-2-4-6-5-3-1;/h1-2,4-5H;/q-1;. The van der Waals surface area contributed by atoms with Gasteiger partial charge >= 0.3 is 0 Å². The Hall–Kier alpha value is -0.162. The molecule has 7 heavy (non-hydrogen) atoms. The van der Waals surface area contributed by atoms with Gasteiger partial charge in [0.1, 0.15) is 0 Å². The van der Waals surface area contributed by atoms with Gasteiger partial charge in [-0.05, 0) is 0 Å². The molecular formula is C5H4NW-. The van der Waals surface area contributed by atoms with Gasteiger partial charge in [-0.1, -0.05) is 12.4 Å². The number of rotatable bonds is 0. The maximum Gasteiger partial charge on any atom is 0 e. The molecule has 0 unspecified atom stereocenters. The van der Waals surface area contributed by atoms with Crippen molar-refractivity contribution in [3.63, 3.8) is 0 Å². The SMILES string of the molecule is [W].[c-]1cccnc1. The van der Waals surface area contributed by atoms with Crippen LogP contribution >= 0.6 is 0 Å². The third-order valence-electron chi connectivity index (χ3n) is 0.514. The summed E-state index contributed by atoms with van der Waals surface area (Å²) in [4.78, 5) is 3.73. The zero-order chi connectivity index (χ0) is 4.24. The molecule has 0 radical (unpaired) electrons. The van der Waals surface area contributed by atoms with Gasteiger partial charge in [0.25, 0.3) is 0 Å². The third kappa shape index (κ3) is 2.52. The molecule has 0 saturated carbocycles. The average molecular weight is 262 g/mol. The van der Waals surface area contributed by atoms with Gasteiger partial charge in [-0.2, -0.15) is 6.07 Å². The van der Waals surface area contributed by atoms with Crippen molar-refractivity contribution in [2.45, 2.75) is 0 Å². The maximum atomic E-state index is 3.73. The number of nitrogens with zero attached hydrogens (tertiary/aromatic N) is 1. The summed E-state index contributed by atoms with van der Waals surface area (Å²) in [6, 6.07) is 6.43. The van der Waals surface area contributed by atoms with E-state index in [1.807, 2.05) is 12.1 Å². The molecule has 0 N–H and O–H groups in total. The first-order valence-electron chi connectivity index (χ1n) is 1.76. The summed E-state index contributed by atoms with van der Waals surface area (Å²) in [6.07, 6.45) is 3.34. The molecule has 0 aliphatic heterocycles. The van der Waals surface area contributed by atoms with Crippen LogP contribution in [-0.4, -0.2) is 4.98 Å². The first-order valence-corrected chi connectivity index (χ1v) is 1.76. The van der Waals surface area contributed by atoms with E-state index < -0.39 is 0 Å². The van der Waals surface area contributed by atoms with Crippen LogP contribution in [0.4, 0.5) is 0 Å². The molecule has 1 rings (SSSR count). The van der Waals surface area contributed by atoms with E-state index in [9.17, 15) is 0 Å². The molecule has 0 aliphatic rings. The van der Waals surface area contributed by atoms with Gasteiger partial charge in [0.2, 0.25) is 0 Å². The van der Waals surface area contributed by atoms with Crippen molar-refractivity contribution < 1.29 is 21.1 Å². The topological polar surface area (TPSA) is 12.9 Å². The molecule has 0 aliphatic carbocycles. The van der Waals surface area contributed by atoms with Crippen LogP contribution in [0.2, 0.25) is 0 Å². The molecule has 0 spiro atoms. The molecule has 0 atom stereocenters. The van der Waals surface area contributed by atoms with Crippen LogP contribution in [0.1, 0.15) is 0 Å². The zero-order valence-electron chi connectivity index (χ0n) is 3.66. The van der Waals surface area contributed by atoms with E-state index >= 15 is 0 Å². The van der Waals surface area contributed by atoms with Crippen LogP contribution in [-0.2, 0) is 21.1 Å². The second-order valence-electron chi connectivity index (χ2n) is 0.953. The Morgan fingerprint density at radius 1 is 1.43 bits per heavy atom. The quantitative estimate of drug-likeness (QED) is 0.632. The molecule has 1 nitrogen and oxygen atoms in total. The summed E-state index contributed by atoms with van der Waals surface area (Å²) in [5.41, 5.74) is 0. The molecule has 1 heterocycles. The Labute approximate surface area is 57.0 Å². The largest absolute Gasteiger partial charge is 0.304 e. The van der Waals surface area contributed by atoms with E-state index in [0.29, 0.717) is 0 Å². The van der Waals surface area contributed by atoms with Crippen LogP contribution in [0.25, 0.3) is 0 Å². The fourth-order valence-corrected chi connectivity index (χ4v) is 0.277. The van der Waals surface area contributed by atoms with Crippen molar-refractivity contribution in [1.82, 2.24) is 4.98 Å². The minimum absolute atomic E-state index is 0. The molecule has 0 aromatic carbocycles. The molecule has 1 aromatic heterocycles. The van der Waals surface area contributed by atoms with E-state index in [0.717, 1.165) is 0 Å². The van der Waals surface area contributed by atoms with E-state index in [1.54, 1.807) is 12.4 Å². The number of hydrogen-bond donors (Lipinski definition) is 0. The first-order chi connectivity index (χ1) is 3.00. The Balaban J connectivity index is 0.000000360. The van der Waals surface area contributed by atoms with Gasteiger partial charge in [0, 0.05) is 21.1 Å². The Bertz CT molecular complexity index is 80.0. The smallest absolute Gasteiger partial charge is 0 e. The maximum absolute atomic E-state index is 3.73. The van der Waals surface area contributed by atoms with Crippen molar-refractivity contribution >= 4 is 0 Å². The second-order valence-corrected chi connectivity index (χ2v) is 0.953. The second kappa shape index (κ2) is 4.01. The average Bonchev–Trinajstić information content (AvgIpc) is 1.72. The molecule has 0 fully saturated rings. The minimum atomic E-state index is 0. The van der Waals surface area contributed by atoms with E-state index in [-0.39, 0.29) is 21.1 Å². The summed E-state index contributed by atoms with van der Waals surface area (Å²) < 4.78 is 0. The van der Waals surface area contributed by atoms with Crippen LogP contribution in [0.3, 0.4) is 0 Å². The van der Waals surface area contributed by atoms with Gasteiger partial charge < -0.3 is 4.98 Å². The molecule has 0 saturated heterocycles. The van der Waals surface area contributed by atoms with Crippen LogP contribution < -0.4 is 0 Å². The Kier molecular flexibility index (Phi) is 3.92. The predicted molar refractivity (Wildman–Crippen MR) is 23.1 cm³/mol. The first kappa shape index (κ1) is 6.84. The number of pyridine rings is 1. The Morgan fingerprint density at radius 2 is 2.29 bits per heavy atom. The molecule has 0 bridgehead atoms. The van der Waals surface area contributed by atoms with Gasteiger partial charge in [0.05, 0.1) is 0 Å². The fourth-order valence-electron chi connectivity index (χ4n) is 0.277. The summed E-state index contributed by atoms with van der Waals surface area (Å²) in [5.74, 6) is 0. The van der Waals surface area contributed by atoms with Crippen LogP contribution in [0, 0.1) is 6.07 Å². The van der Waals surface area contributed by atoms with Crippen LogP contribution in [0.15, 0.2) is 24.5 Å². The molecular weight excluding hydrogens is 258 g/mol. The molecule has 1 aromatic rings. The van der Waals surface area contributed by atoms with Gasteiger partial charge in [-0.15, -0.1) is 0 Å². The van der Waals surface area contributed by atoms with Crippen molar-refractivity contribution in [2.75, 3.05) is 0 Å². The summed E-state index contributed by atoms with van der Waals surface area (Å²) in [5, 5.41) is 0. The minimum Gasteiger partial charge on any atom is -0.304 e. The summed E-state index contributed by atoms with van der Waals surface area (Å²) >= 11 is 0. The number of aromatic nitrogens is 1. The van der Waals surface area contributed by atoms with Crippen molar-refractivity contribution in [3.05, 3.63) is 30.6 Å². The van der Waals surface area contributed by atoms with E-state index in [4.69, 9.17) is 0 Å². The number of hydrogen-bond acceptors (Lipinski definition) is 1. The molecule has 2 heteroatoms. The fraction of sp³-hybridized carbons (Fsp3) is 0. The predicted octanol–water partition coefficient (Wildman–Crippen LogP) is 0.879. The van der Waals surface area contributed by atoms with Gasteiger partial charge in [-0.25, -0.2) is 12.1 Å².